The van der Waals surface area contributed by atoms with Crippen LogP contribution in [0.25, 0.3) is 22.2 Å². The molecule has 0 saturated heterocycles. The number of fused-ring (bicyclic) bond motifs is 2. The molecule has 0 aliphatic carbocycles. The summed E-state index contributed by atoms with van der Waals surface area (Å²) in [7, 11) is 0. The molecule has 0 saturated carbocycles. The number of hydrogen-bond donors (Lipinski definition) is 2. The van der Waals surface area contributed by atoms with Gasteiger partial charge in [0.25, 0.3) is 5.91 Å². The molecule has 10 heteroatoms. The zero-order valence-electron chi connectivity index (χ0n) is 22.3. The molecule has 3 aromatic carbocycles. The summed E-state index contributed by atoms with van der Waals surface area (Å²) in [5.41, 5.74) is 3.20. The fourth-order valence-electron chi connectivity index (χ4n) is 4.96. The minimum absolute atomic E-state index is 0.00527. The van der Waals surface area contributed by atoms with Gasteiger partial charge in [0.2, 0.25) is 0 Å². The number of carboxylic acid groups (broad SMARTS) is 1. The molecule has 42 heavy (non-hydrogen) atoms. The van der Waals surface area contributed by atoms with Gasteiger partial charge in [-0.3, -0.25) is 9.78 Å². The largest absolute Gasteiger partial charge is 0.487 e. The number of para-hydroxylation sites is 2. The molecule has 212 valence electrons. The van der Waals surface area contributed by atoms with E-state index < -0.39 is 24.5 Å². The first kappa shape index (κ1) is 26.8. The number of aliphatic carboxylic acids is 1. The molecule has 2 aromatic heterocycles. The highest BCUT2D eigenvalue weighted by molar-refractivity contribution is 6.03. The van der Waals surface area contributed by atoms with Crippen LogP contribution in [-0.4, -0.2) is 57.7 Å². The maximum Gasteiger partial charge on any atom is 0.341 e. The molecule has 2 N–H and O–H groups in total. The van der Waals surface area contributed by atoms with Gasteiger partial charge in [0.15, 0.2) is 24.3 Å². The van der Waals surface area contributed by atoms with Crippen molar-refractivity contribution in [3.05, 3.63) is 108 Å². The van der Waals surface area contributed by atoms with Crippen LogP contribution in [0.15, 0.2) is 91.3 Å². The SMILES string of the molecule is O=C(O)COc1ccc(-c2nccc3c2C(=O)N(Cc2c[nH]c4ccccc24)CC(COc2ccccc2F)O3)cc1. The van der Waals surface area contributed by atoms with E-state index in [2.05, 4.69) is 9.97 Å². The molecule has 0 bridgehead atoms. The minimum Gasteiger partial charge on any atom is -0.487 e. The summed E-state index contributed by atoms with van der Waals surface area (Å²) < 4.78 is 31.6. The van der Waals surface area contributed by atoms with Crippen molar-refractivity contribution in [1.82, 2.24) is 14.9 Å². The number of halogens is 1. The number of H-pyrrole nitrogens is 1. The summed E-state index contributed by atoms with van der Waals surface area (Å²) in [6, 6.07) is 22.3. The number of pyridine rings is 1. The van der Waals surface area contributed by atoms with Gasteiger partial charge in [-0.15, -0.1) is 0 Å². The first-order chi connectivity index (χ1) is 20.5. The molecule has 9 nitrogen and oxygen atoms in total. The Labute approximate surface area is 240 Å². The van der Waals surface area contributed by atoms with Crippen LogP contribution in [0.5, 0.6) is 17.2 Å². The van der Waals surface area contributed by atoms with Crippen LogP contribution in [0, 0.1) is 5.82 Å². The van der Waals surface area contributed by atoms with Crippen molar-refractivity contribution < 1.29 is 33.3 Å². The molecule has 1 atom stereocenters. The van der Waals surface area contributed by atoms with Gasteiger partial charge in [-0.2, -0.15) is 0 Å². The molecule has 0 spiro atoms. The quantitative estimate of drug-likeness (QED) is 0.248. The molecule has 0 radical (unpaired) electrons. The number of ether oxygens (including phenoxy) is 3. The lowest BCUT2D eigenvalue weighted by atomic mass is 10.0. The monoisotopic (exact) mass is 567 g/mol. The van der Waals surface area contributed by atoms with Crippen molar-refractivity contribution in [2.75, 3.05) is 19.8 Å². The number of nitrogens with zero attached hydrogens (tertiary/aromatic N) is 2. The molecule has 1 unspecified atom stereocenters. The number of amides is 1. The third-order valence-electron chi connectivity index (χ3n) is 6.92. The second kappa shape index (κ2) is 11.6. The molecular weight excluding hydrogens is 541 g/mol. The lowest BCUT2D eigenvalue weighted by molar-refractivity contribution is -0.139. The summed E-state index contributed by atoms with van der Waals surface area (Å²) in [5.74, 6) is -1.04. The van der Waals surface area contributed by atoms with Crippen molar-refractivity contribution in [2.24, 2.45) is 0 Å². The first-order valence-corrected chi connectivity index (χ1v) is 13.3. The second-order valence-corrected chi connectivity index (χ2v) is 9.77. The number of aromatic nitrogens is 2. The van der Waals surface area contributed by atoms with E-state index in [9.17, 15) is 14.0 Å². The smallest absolute Gasteiger partial charge is 0.341 e. The molecule has 0 fully saturated rings. The lowest BCUT2D eigenvalue weighted by Gasteiger charge is -2.24. The molecule has 1 aliphatic rings. The third-order valence-corrected chi connectivity index (χ3v) is 6.92. The van der Waals surface area contributed by atoms with E-state index in [0.29, 0.717) is 22.8 Å². The number of carbonyl (C=O) groups is 2. The fraction of sp³-hybridized carbons (Fsp3) is 0.156. The van der Waals surface area contributed by atoms with Crippen molar-refractivity contribution in [1.29, 1.82) is 0 Å². The Morgan fingerprint density at radius 1 is 1.05 bits per heavy atom. The predicted molar refractivity (Wildman–Crippen MR) is 152 cm³/mol. The van der Waals surface area contributed by atoms with Gasteiger partial charge in [0.1, 0.15) is 23.7 Å². The Balaban J connectivity index is 1.35. The van der Waals surface area contributed by atoms with Crippen LogP contribution in [0.4, 0.5) is 4.39 Å². The van der Waals surface area contributed by atoms with Crippen LogP contribution in [0.3, 0.4) is 0 Å². The normalized spacial score (nSPS) is 14.6. The summed E-state index contributed by atoms with van der Waals surface area (Å²) in [5, 5.41) is 9.89. The number of rotatable bonds is 9. The van der Waals surface area contributed by atoms with Crippen LogP contribution >= 0.6 is 0 Å². The van der Waals surface area contributed by atoms with E-state index >= 15 is 0 Å². The van der Waals surface area contributed by atoms with Crippen LogP contribution in [0.1, 0.15) is 15.9 Å². The van der Waals surface area contributed by atoms with Gasteiger partial charge in [-0.05, 0) is 54.1 Å². The minimum atomic E-state index is -1.08. The zero-order chi connectivity index (χ0) is 29.1. The van der Waals surface area contributed by atoms with Gasteiger partial charge in [0.05, 0.1) is 12.2 Å². The summed E-state index contributed by atoms with van der Waals surface area (Å²) in [4.78, 5) is 34.5. The van der Waals surface area contributed by atoms with Gasteiger partial charge >= 0.3 is 5.97 Å². The molecule has 1 aliphatic heterocycles. The predicted octanol–water partition coefficient (Wildman–Crippen LogP) is 5.31. The fourth-order valence-corrected chi connectivity index (χ4v) is 4.96. The van der Waals surface area contributed by atoms with E-state index in [1.165, 1.54) is 6.07 Å². The highest BCUT2D eigenvalue weighted by atomic mass is 19.1. The summed E-state index contributed by atoms with van der Waals surface area (Å²) in [6.45, 7) is 0.0100. The average Bonchev–Trinajstić information content (AvgIpc) is 3.35. The maximum atomic E-state index is 14.3. The van der Waals surface area contributed by atoms with E-state index in [1.807, 2.05) is 30.5 Å². The highest BCUT2D eigenvalue weighted by Gasteiger charge is 2.33. The molecule has 6 rings (SSSR count). The Kier molecular flexibility index (Phi) is 7.42. The maximum absolute atomic E-state index is 14.3. The van der Waals surface area contributed by atoms with Crippen molar-refractivity contribution in [2.45, 2.75) is 12.6 Å². The number of aromatic amines is 1. The number of nitrogens with one attached hydrogen (secondary N) is 1. The van der Waals surface area contributed by atoms with E-state index in [4.69, 9.17) is 19.3 Å². The molecular formula is C32H26FN3O6. The Morgan fingerprint density at radius 3 is 2.64 bits per heavy atom. The van der Waals surface area contributed by atoms with E-state index in [0.717, 1.165) is 16.5 Å². The lowest BCUT2D eigenvalue weighted by Crippen LogP contribution is -2.39. The van der Waals surface area contributed by atoms with Crippen molar-refractivity contribution in [3.63, 3.8) is 0 Å². The average molecular weight is 568 g/mol. The highest BCUT2D eigenvalue weighted by Crippen LogP contribution is 2.34. The Morgan fingerprint density at radius 2 is 1.83 bits per heavy atom. The number of benzene rings is 3. The van der Waals surface area contributed by atoms with Crippen LogP contribution in [-0.2, 0) is 11.3 Å². The van der Waals surface area contributed by atoms with Crippen LogP contribution < -0.4 is 14.2 Å². The van der Waals surface area contributed by atoms with Crippen molar-refractivity contribution in [3.8, 4) is 28.5 Å². The van der Waals surface area contributed by atoms with E-state index in [1.54, 1.807) is 59.6 Å². The van der Waals surface area contributed by atoms with Gasteiger partial charge in [0, 0.05) is 35.4 Å². The second-order valence-electron chi connectivity index (χ2n) is 9.77. The van der Waals surface area contributed by atoms with Gasteiger partial charge in [-0.25, -0.2) is 9.18 Å². The van der Waals surface area contributed by atoms with Crippen molar-refractivity contribution >= 4 is 22.8 Å². The summed E-state index contributed by atoms with van der Waals surface area (Å²) in [6.07, 6.45) is 2.83. The summed E-state index contributed by atoms with van der Waals surface area (Å²) >= 11 is 0. The van der Waals surface area contributed by atoms with Gasteiger partial charge in [-0.1, -0.05) is 30.3 Å². The zero-order valence-corrected chi connectivity index (χ0v) is 22.3. The number of hydrogen-bond acceptors (Lipinski definition) is 6. The molecule has 1 amide bonds. The number of carboxylic acids is 1. The van der Waals surface area contributed by atoms with Gasteiger partial charge < -0.3 is 29.2 Å². The molecule has 5 aromatic rings. The topological polar surface area (TPSA) is 114 Å². The van der Waals surface area contributed by atoms with E-state index in [-0.39, 0.29) is 36.9 Å². The number of carbonyl (C=O) groups excluding carboxylic acids is 1. The Bertz CT molecular complexity index is 1750. The first-order valence-electron chi connectivity index (χ1n) is 13.3. The van der Waals surface area contributed by atoms with Crippen LogP contribution in [0.2, 0.25) is 0 Å². The third kappa shape index (κ3) is 5.60. The molecule has 3 heterocycles. The Hall–Kier alpha value is -5.38. The standard InChI is InChI=1S/C32H26FN3O6/c33-25-6-2-4-8-27(25)41-18-23-17-36(16-21-15-35-26-7-3-1-5-24(21)26)32(39)30-28(42-23)13-14-34-31(30)20-9-11-22(12-10-20)40-19-29(37)38/h1-15,23,35H,16-19H2,(H,37,38).